The van der Waals surface area contributed by atoms with Gasteiger partial charge in [-0.05, 0) is 26.0 Å². The summed E-state index contributed by atoms with van der Waals surface area (Å²) in [5, 5.41) is 13.7. The van der Waals surface area contributed by atoms with Crippen LogP contribution < -0.4 is 10.2 Å². The number of likely N-dealkylation sites (N-methyl/N-ethyl adjacent to an activating group) is 1. The Morgan fingerprint density at radius 3 is 2.53 bits per heavy atom. The molecule has 0 unspecified atom stereocenters. The summed E-state index contributed by atoms with van der Waals surface area (Å²) in [6, 6.07) is 6.30. The van der Waals surface area contributed by atoms with Crippen LogP contribution in [0.5, 0.6) is 0 Å². The van der Waals surface area contributed by atoms with Gasteiger partial charge in [0.15, 0.2) is 0 Å². The number of aliphatic hydroxyl groups excluding tert-OH is 1. The lowest BCUT2D eigenvalue weighted by molar-refractivity contribution is 0.216. The quantitative estimate of drug-likeness (QED) is 0.843. The van der Waals surface area contributed by atoms with Gasteiger partial charge in [0.1, 0.15) is 0 Å². The van der Waals surface area contributed by atoms with E-state index >= 15 is 0 Å². The van der Waals surface area contributed by atoms with Gasteiger partial charge in [0.25, 0.3) is 0 Å². The minimum Gasteiger partial charge on any atom is -0.394 e. The average Bonchev–Trinajstić information content (AvgIpc) is 2.35. The van der Waals surface area contributed by atoms with Crippen LogP contribution in [-0.2, 0) is 6.54 Å². The van der Waals surface area contributed by atoms with Gasteiger partial charge in [0.05, 0.1) is 12.1 Å². The molecule has 1 aromatic rings. The number of halogens is 1. The fourth-order valence-corrected chi connectivity index (χ4v) is 2.01. The minimum absolute atomic E-state index is 0.0903. The second-order valence-electron chi connectivity index (χ2n) is 5.80. The number of hydrogen-bond donors (Lipinski definition) is 2. The molecule has 0 aromatic heterocycles. The van der Waals surface area contributed by atoms with Crippen molar-refractivity contribution in [2.45, 2.75) is 45.8 Å². The van der Waals surface area contributed by atoms with E-state index in [0.29, 0.717) is 6.04 Å². The summed E-state index contributed by atoms with van der Waals surface area (Å²) in [5.74, 6) is 0. The predicted octanol–water partition coefficient (Wildman–Crippen LogP) is 3.05. The summed E-state index contributed by atoms with van der Waals surface area (Å²) < 4.78 is 0. The molecule has 0 bridgehead atoms. The van der Waals surface area contributed by atoms with Gasteiger partial charge in [-0.1, -0.05) is 31.5 Å². The summed E-state index contributed by atoms with van der Waals surface area (Å²) in [6.07, 6.45) is 0. The van der Waals surface area contributed by atoms with E-state index < -0.39 is 0 Å². The number of anilines is 1. The second kappa shape index (κ2) is 6.60. The number of benzene rings is 1. The molecule has 0 amide bonds. The van der Waals surface area contributed by atoms with Gasteiger partial charge in [0, 0.05) is 35.9 Å². The normalized spacial score (nSPS) is 12.0. The van der Waals surface area contributed by atoms with Crippen LogP contribution in [0.15, 0.2) is 18.2 Å². The molecular weight excluding hydrogens is 260 g/mol. The minimum atomic E-state index is -0.322. The predicted molar refractivity (Wildman–Crippen MR) is 83.0 cm³/mol. The third kappa shape index (κ3) is 4.10. The van der Waals surface area contributed by atoms with Crippen LogP contribution in [0.4, 0.5) is 5.69 Å². The fourth-order valence-electron chi connectivity index (χ4n) is 1.77. The van der Waals surface area contributed by atoms with E-state index in [1.165, 1.54) is 0 Å². The van der Waals surface area contributed by atoms with Crippen LogP contribution in [-0.4, -0.2) is 30.3 Å². The van der Waals surface area contributed by atoms with Crippen molar-refractivity contribution in [1.82, 2.24) is 5.32 Å². The molecule has 0 aliphatic carbocycles. The highest BCUT2D eigenvalue weighted by Crippen LogP contribution is 2.30. The highest BCUT2D eigenvalue weighted by Gasteiger charge is 2.25. The maximum Gasteiger partial charge on any atom is 0.0658 e. The Morgan fingerprint density at radius 2 is 2.00 bits per heavy atom. The molecule has 2 N–H and O–H groups in total. The molecule has 108 valence electrons. The Kier molecular flexibility index (Phi) is 5.65. The Hall–Kier alpha value is -0.770. The standard InChI is InChI=1S/C15H25ClN2O/c1-11(2)17-9-12-13(16)7-6-8-14(12)18(5)15(3,4)10-19/h6-8,11,17,19H,9-10H2,1-5H3. The van der Waals surface area contributed by atoms with Crippen molar-refractivity contribution in [3.05, 3.63) is 28.8 Å². The Morgan fingerprint density at radius 1 is 1.37 bits per heavy atom. The smallest absolute Gasteiger partial charge is 0.0658 e. The Balaban J connectivity index is 3.09. The van der Waals surface area contributed by atoms with Crippen molar-refractivity contribution < 1.29 is 5.11 Å². The first-order valence-electron chi connectivity index (χ1n) is 6.65. The number of nitrogens with one attached hydrogen (secondary N) is 1. The Bertz CT molecular complexity index is 419. The molecule has 0 heterocycles. The lowest BCUT2D eigenvalue weighted by Crippen LogP contribution is -2.45. The monoisotopic (exact) mass is 284 g/mol. The zero-order valence-corrected chi connectivity index (χ0v) is 13.3. The van der Waals surface area contributed by atoms with Crippen molar-refractivity contribution in [3.63, 3.8) is 0 Å². The third-order valence-electron chi connectivity index (χ3n) is 3.44. The average molecular weight is 285 g/mol. The van der Waals surface area contributed by atoms with Gasteiger partial charge in [-0.25, -0.2) is 0 Å². The summed E-state index contributed by atoms with van der Waals surface area (Å²) in [4.78, 5) is 2.08. The van der Waals surface area contributed by atoms with Crippen LogP contribution in [0.2, 0.25) is 5.02 Å². The van der Waals surface area contributed by atoms with E-state index in [-0.39, 0.29) is 12.1 Å². The van der Waals surface area contributed by atoms with E-state index in [2.05, 4.69) is 24.1 Å². The molecule has 0 saturated heterocycles. The van der Waals surface area contributed by atoms with Crippen LogP contribution in [0.3, 0.4) is 0 Å². The number of aliphatic hydroxyl groups is 1. The first-order chi connectivity index (χ1) is 8.79. The maximum atomic E-state index is 9.51. The molecule has 1 aromatic carbocycles. The molecule has 0 spiro atoms. The fraction of sp³-hybridized carbons (Fsp3) is 0.600. The van der Waals surface area contributed by atoms with E-state index in [4.69, 9.17) is 11.6 Å². The van der Waals surface area contributed by atoms with E-state index in [9.17, 15) is 5.11 Å². The summed E-state index contributed by atoms with van der Waals surface area (Å²) >= 11 is 6.32. The molecule has 0 atom stereocenters. The van der Waals surface area contributed by atoms with Crippen molar-refractivity contribution in [2.24, 2.45) is 0 Å². The van der Waals surface area contributed by atoms with Crippen LogP contribution >= 0.6 is 11.6 Å². The summed E-state index contributed by atoms with van der Waals surface area (Å²) in [6.45, 7) is 9.04. The second-order valence-corrected chi connectivity index (χ2v) is 6.21. The number of nitrogens with zero attached hydrogens (tertiary/aromatic N) is 1. The highest BCUT2D eigenvalue weighted by molar-refractivity contribution is 6.31. The van der Waals surface area contributed by atoms with Gasteiger partial charge in [-0.3, -0.25) is 0 Å². The molecule has 4 heteroatoms. The first kappa shape index (κ1) is 16.3. The molecule has 1 rings (SSSR count). The van der Waals surface area contributed by atoms with Crippen LogP contribution in [0, 0.1) is 0 Å². The zero-order chi connectivity index (χ0) is 14.6. The van der Waals surface area contributed by atoms with E-state index in [0.717, 1.165) is 22.8 Å². The molecule has 0 fully saturated rings. The number of rotatable bonds is 6. The lowest BCUT2D eigenvalue weighted by Gasteiger charge is -2.37. The van der Waals surface area contributed by atoms with Crippen molar-refractivity contribution in [2.75, 3.05) is 18.6 Å². The molecule has 0 aliphatic heterocycles. The topological polar surface area (TPSA) is 35.5 Å². The summed E-state index contributed by atoms with van der Waals surface area (Å²) in [7, 11) is 1.99. The Labute approximate surface area is 121 Å². The van der Waals surface area contributed by atoms with E-state index in [1.54, 1.807) is 0 Å². The molecular formula is C15H25ClN2O. The molecule has 3 nitrogen and oxygen atoms in total. The van der Waals surface area contributed by atoms with Gasteiger partial charge in [0.2, 0.25) is 0 Å². The zero-order valence-electron chi connectivity index (χ0n) is 12.5. The van der Waals surface area contributed by atoms with Crippen LogP contribution in [0.25, 0.3) is 0 Å². The SMILES string of the molecule is CC(C)NCc1c(Cl)cccc1N(C)C(C)(C)CO. The van der Waals surface area contributed by atoms with Crippen molar-refractivity contribution in [3.8, 4) is 0 Å². The highest BCUT2D eigenvalue weighted by atomic mass is 35.5. The molecule has 0 saturated carbocycles. The molecule has 19 heavy (non-hydrogen) atoms. The van der Waals surface area contributed by atoms with Gasteiger partial charge >= 0.3 is 0 Å². The third-order valence-corrected chi connectivity index (χ3v) is 3.79. The van der Waals surface area contributed by atoms with Gasteiger partial charge in [-0.2, -0.15) is 0 Å². The van der Waals surface area contributed by atoms with Gasteiger partial charge in [-0.15, -0.1) is 0 Å². The lowest BCUT2D eigenvalue weighted by atomic mass is 10.0. The summed E-state index contributed by atoms with van der Waals surface area (Å²) in [5.41, 5.74) is 1.80. The molecule has 0 radical (unpaired) electrons. The van der Waals surface area contributed by atoms with Gasteiger partial charge < -0.3 is 15.3 Å². The maximum absolute atomic E-state index is 9.51. The van der Waals surface area contributed by atoms with Crippen molar-refractivity contribution >= 4 is 17.3 Å². The number of hydrogen-bond acceptors (Lipinski definition) is 3. The van der Waals surface area contributed by atoms with Crippen LogP contribution in [0.1, 0.15) is 33.3 Å². The molecule has 0 aliphatic rings. The largest absolute Gasteiger partial charge is 0.394 e. The van der Waals surface area contributed by atoms with E-state index in [1.807, 2.05) is 39.1 Å². The first-order valence-corrected chi connectivity index (χ1v) is 7.03. The van der Waals surface area contributed by atoms with Crippen molar-refractivity contribution in [1.29, 1.82) is 0 Å².